The Hall–Kier alpha value is -1.53. The van der Waals surface area contributed by atoms with Crippen molar-refractivity contribution >= 4 is 11.6 Å². The van der Waals surface area contributed by atoms with Gasteiger partial charge in [0.2, 0.25) is 5.91 Å². The van der Waals surface area contributed by atoms with Crippen LogP contribution in [0.15, 0.2) is 18.2 Å². The monoisotopic (exact) mass is 297 g/mol. The number of nitrogens with zero attached hydrogens (tertiary/aromatic N) is 1. The molecule has 1 fully saturated rings. The summed E-state index contributed by atoms with van der Waals surface area (Å²) in [5.74, 6) is -1.57. The van der Waals surface area contributed by atoms with E-state index in [-0.39, 0.29) is 24.2 Å². The van der Waals surface area contributed by atoms with Crippen LogP contribution in [-0.2, 0) is 4.79 Å². The van der Waals surface area contributed by atoms with Gasteiger partial charge in [-0.15, -0.1) is 0 Å². The molecule has 0 atom stereocenters. The minimum atomic E-state index is -0.643. The summed E-state index contributed by atoms with van der Waals surface area (Å²) in [6.45, 7) is 0.149. The van der Waals surface area contributed by atoms with E-state index in [0.29, 0.717) is 6.04 Å². The summed E-state index contributed by atoms with van der Waals surface area (Å²) in [6.07, 6.45) is 3.82. The molecular weight excluding hydrogens is 276 g/mol. The second-order valence-corrected chi connectivity index (χ2v) is 5.66. The van der Waals surface area contributed by atoms with E-state index in [1.54, 1.807) is 0 Å². The van der Waals surface area contributed by atoms with Crippen molar-refractivity contribution in [3.63, 3.8) is 0 Å². The molecule has 0 aliphatic heterocycles. The van der Waals surface area contributed by atoms with Crippen LogP contribution in [-0.4, -0.2) is 36.5 Å². The van der Waals surface area contributed by atoms with E-state index in [1.807, 2.05) is 11.9 Å². The number of carbonyl (C=O) groups is 1. The minimum absolute atomic E-state index is 0.126. The Labute approximate surface area is 123 Å². The van der Waals surface area contributed by atoms with Crippen LogP contribution < -0.4 is 11.1 Å². The van der Waals surface area contributed by atoms with Crippen LogP contribution in [0.3, 0.4) is 0 Å². The molecule has 1 saturated carbocycles. The van der Waals surface area contributed by atoms with Crippen molar-refractivity contribution < 1.29 is 13.6 Å². The highest BCUT2D eigenvalue weighted by Gasteiger charge is 2.23. The van der Waals surface area contributed by atoms with Crippen LogP contribution >= 0.6 is 0 Å². The molecule has 1 aliphatic rings. The first kappa shape index (κ1) is 15.9. The lowest BCUT2D eigenvalue weighted by Crippen LogP contribution is -2.42. The summed E-state index contributed by atoms with van der Waals surface area (Å²) >= 11 is 0. The number of hydrogen-bond acceptors (Lipinski definition) is 3. The number of nitrogens with one attached hydrogen (secondary N) is 1. The highest BCUT2D eigenvalue weighted by Crippen LogP contribution is 2.21. The zero-order valence-corrected chi connectivity index (χ0v) is 12.1. The van der Waals surface area contributed by atoms with Crippen LogP contribution in [0.4, 0.5) is 14.5 Å². The highest BCUT2D eigenvalue weighted by atomic mass is 19.1. The fraction of sp³-hybridized carbons (Fsp3) is 0.533. The molecule has 2 rings (SSSR count). The molecule has 3 N–H and O–H groups in total. The van der Waals surface area contributed by atoms with E-state index >= 15 is 0 Å². The highest BCUT2D eigenvalue weighted by molar-refractivity contribution is 5.92. The third-order valence-corrected chi connectivity index (χ3v) is 3.96. The zero-order chi connectivity index (χ0) is 15.4. The number of anilines is 1. The second kappa shape index (κ2) is 6.95. The summed E-state index contributed by atoms with van der Waals surface area (Å²) < 4.78 is 26.5. The SMILES string of the molecule is CN(CC(=O)Nc1cc(F)ccc1F)C1CCC(N)CC1. The lowest BCUT2D eigenvalue weighted by atomic mass is 9.91. The molecule has 4 nitrogen and oxygen atoms in total. The first-order chi connectivity index (χ1) is 9.95. The largest absolute Gasteiger partial charge is 0.328 e. The summed E-state index contributed by atoms with van der Waals surface area (Å²) in [5, 5.41) is 2.41. The quantitative estimate of drug-likeness (QED) is 0.895. The smallest absolute Gasteiger partial charge is 0.238 e. The third kappa shape index (κ3) is 4.47. The van der Waals surface area contributed by atoms with Crippen molar-refractivity contribution in [2.45, 2.75) is 37.8 Å². The third-order valence-electron chi connectivity index (χ3n) is 3.96. The number of nitrogens with two attached hydrogens (primary N) is 1. The fourth-order valence-corrected chi connectivity index (χ4v) is 2.68. The van der Waals surface area contributed by atoms with Gasteiger partial charge in [0, 0.05) is 18.2 Å². The van der Waals surface area contributed by atoms with E-state index in [4.69, 9.17) is 5.73 Å². The summed E-state index contributed by atoms with van der Waals surface area (Å²) in [6, 6.07) is 3.56. The molecule has 116 valence electrons. The van der Waals surface area contributed by atoms with Crippen molar-refractivity contribution in [1.82, 2.24) is 4.90 Å². The number of carbonyl (C=O) groups excluding carboxylic acids is 1. The van der Waals surface area contributed by atoms with Crippen molar-refractivity contribution in [2.75, 3.05) is 18.9 Å². The average molecular weight is 297 g/mol. The summed E-state index contributed by atoms with van der Waals surface area (Å²) in [4.78, 5) is 13.9. The Bertz CT molecular complexity index is 502. The molecule has 21 heavy (non-hydrogen) atoms. The fourth-order valence-electron chi connectivity index (χ4n) is 2.68. The maximum Gasteiger partial charge on any atom is 0.238 e. The van der Waals surface area contributed by atoms with Crippen molar-refractivity contribution in [1.29, 1.82) is 0 Å². The standard InChI is InChI=1S/C15H21F2N3O/c1-20(12-5-3-11(18)4-6-12)9-15(21)19-14-8-10(16)2-7-13(14)17/h2,7-8,11-12H,3-6,9,18H2,1H3,(H,19,21). The number of hydrogen-bond donors (Lipinski definition) is 2. The molecule has 1 aromatic carbocycles. The van der Waals surface area contributed by atoms with E-state index < -0.39 is 11.6 Å². The van der Waals surface area contributed by atoms with Gasteiger partial charge in [-0.1, -0.05) is 0 Å². The Morgan fingerprint density at radius 3 is 2.67 bits per heavy atom. The van der Waals surface area contributed by atoms with E-state index in [1.165, 1.54) is 0 Å². The van der Waals surface area contributed by atoms with Crippen LogP contribution in [0.1, 0.15) is 25.7 Å². The number of halogens is 2. The van der Waals surface area contributed by atoms with Crippen LogP contribution in [0, 0.1) is 11.6 Å². The number of benzene rings is 1. The number of amides is 1. The topological polar surface area (TPSA) is 58.4 Å². The Balaban J connectivity index is 1.88. The van der Waals surface area contributed by atoms with Gasteiger partial charge in [-0.2, -0.15) is 0 Å². The maximum absolute atomic E-state index is 13.5. The molecule has 0 radical (unpaired) electrons. The molecule has 0 heterocycles. The lowest BCUT2D eigenvalue weighted by Gasteiger charge is -2.33. The Morgan fingerprint density at radius 2 is 2.00 bits per heavy atom. The normalized spacial score (nSPS) is 22.3. The summed E-state index contributed by atoms with van der Waals surface area (Å²) in [7, 11) is 1.86. The van der Waals surface area contributed by atoms with E-state index in [0.717, 1.165) is 43.9 Å². The van der Waals surface area contributed by atoms with Crippen molar-refractivity contribution in [2.24, 2.45) is 5.73 Å². The maximum atomic E-state index is 13.5. The molecule has 0 aromatic heterocycles. The molecule has 1 aromatic rings. The predicted octanol–water partition coefficient (Wildman–Crippen LogP) is 2.10. The molecule has 0 spiro atoms. The van der Waals surface area contributed by atoms with Gasteiger partial charge in [0.1, 0.15) is 11.6 Å². The van der Waals surface area contributed by atoms with Crippen molar-refractivity contribution in [3.8, 4) is 0 Å². The van der Waals surface area contributed by atoms with Gasteiger partial charge in [0.25, 0.3) is 0 Å². The van der Waals surface area contributed by atoms with E-state index in [9.17, 15) is 13.6 Å². The minimum Gasteiger partial charge on any atom is -0.328 e. The first-order valence-corrected chi connectivity index (χ1v) is 7.16. The van der Waals surface area contributed by atoms with Crippen LogP contribution in [0.2, 0.25) is 0 Å². The van der Waals surface area contributed by atoms with Crippen LogP contribution in [0.25, 0.3) is 0 Å². The first-order valence-electron chi connectivity index (χ1n) is 7.16. The molecular formula is C15H21F2N3O. The van der Waals surface area contributed by atoms with Gasteiger partial charge in [-0.3, -0.25) is 9.69 Å². The number of likely N-dealkylation sites (N-methyl/N-ethyl adjacent to an activating group) is 1. The average Bonchev–Trinajstić information content (AvgIpc) is 2.43. The van der Waals surface area contributed by atoms with Crippen molar-refractivity contribution in [3.05, 3.63) is 29.8 Å². The van der Waals surface area contributed by atoms with Gasteiger partial charge >= 0.3 is 0 Å². The molecule has 1 amide bonds. The second-order valence-electron chi connectivity index (χ2n) is 5.66. The molecule has 0 bridgehead atoms. The summed E-state index contributed by atoms with van der Waals surface area (Å²) in [5.41, 5.74) is 5.73. The van der Waals surface area contributed by atoms with Gasteiger partial charge in [-0.05, 0) is 44.9 Å². The Kier molecular flexibility index (Phi) is 5.25. The van der Waals surface area contributed by atoms with Gasteiger partial charge in [0.15, 0.2) is 0 Å². The zero-order valence-electron chi connectivity index (χ0n) is 12.1. The molecule has 1 aliphatic carbocycles. The van der Waals surface area contributed by atoms with E-state index in [2.05, 4.69) is 5.32 Å². The molecule has 0 saturated heterocycles. The lowest BCUT2D eigenvalue weighted by molar-refractivity contribution is -0.117. The predicted molar refractivity (Wildman–Crippen MR) is 77.8 cm³/mol. The molecule has 0 unspecified atom stereocenters. The molecule has 6 heteroatoms. The number of rotatable bonds is 4. The van der Waals surface area contributed by atoms with Gasteiger partial charge in [0.05, 0.1) is 12.2 Å². The van der Waals surface area contributed by atoms with Gasteiger partial charge < -0.3 is 11.1 Å². The Morgan fingerprint density at radius 1 is 1.33 bits per heavy atom. The van der Waals surface area contributed by atoms with Gasteiger partial charge in [-0.25, -0.2) is 8.78 Å². The van der Waals surface area contributed by atoms with Crippen LogP contribution in [0.5, 0.6) is 0 Å².